The Morgan fingerprint density at radius 1 is 0.400 bits per heavy atom. The number of hydrogen-bond donors (Lipinski definition) is 0. The van der Waals surface area contributed by atoms with Crippen molar-refractivity contribution in [2.45, 2.75) is 328 Å². The van der Waals surface area contributed by atoms with Gasteiger partial charge in [-0.25, -0.2) is 0 Å². The number of nitrogens with zero attached hydrogens (tertiary/aromatic N) is 1. The van der Waals surface area contributed by atoms with E-state index in [9.17, 15) is 19.0 Å². The molecule has 0 bridgehead atoms. The summed E-state index contributed by atoms with van der Waals surface area (Å²) < 4.78 is 34.3. The Morgan fingerprint density at radius 3 is 1.06 bits per heavy atom. The maximum Gasteiger partial charge on any atom is 0.306 e. The molecule has 0 fully saturated rings. The van der Waals surface area contributed by atoms with E-state index < -0.39 is 26.5 Å². The van der Waals surface area contributed by atoms with Gasteiger partial charge in [-0.2, -0.15) is 0 Å². The van der Waals surface area contributed by atoms with E-state index in [0.29, 0.717) is 17.4 Å². The molecule has 0 saturated heterocycles. The summed E-state index contributed by atoms with van der Waals surface area (Å²) in [6.07, 6.45) is 80.1. The number of hydrogen-bond acceptors (Lipinski definition) is 8. The Morgan fingerprint density at radius 2 is 0.713 bits per heavy atom. The quantitative estimate of drug-likeness (QED) is 0.0195. The molecule has 0 aromatic rings. The second-order valence-electron chi connectivity index (χ2n) is 24.2. The standard InChI is InChI=1S/C70H130NO8P/c1-6-8-10-12-14-16-18-20-22-24-26-28-30-32-34-35-37-39-41-43-45-47-49-51-53-55-57-59-61-63-70(73)79-68(67-78-80(74,75)77-65-64-71(3,4)5)66-76-69(72)62-60-58-56-54-52-50-48-46-44-42-40-38-36-33-31-29-27-25-23-21-19-17-15-13-11-9-7-2/h8,10,14,16,20,22,26,28,32,34,68H,6-7,9,11-13,15,17-19,21,23-25,27,29-31,33,35-67H2,1-5H3/b10-8-,16-14-,22-20-,28-26-,34-32-. The van der Waals surface area contributed by atoms with Gasteiger partial charge in [-0.15, -0.1) is 0 Å². The van der Waals surface area contributed by atoms with Crippen LogP contribution in [0.25, 0.3) is 0 Å². The first-order chi connectivity index (χ1) is 39.0. The number of carbonyl (C=O) groups excluding carboxylic acids is 2. The highest BCUT2D eigenvalue weighted by Crippen LogP contribution is 2.38. The first-order valence-electron chi connectivity index (χ1n) is 34.0. The van der Waals surface area contributed by atoms with Gasteiger partial charge in [0.15, 0.2) is 6.10 Å². The third-order valence-electron chi connectivity index (χ3n) is 15.1. The second kappa shape index (κ2) is 61.3. The highest BCUT2D eigenvalue weighted by Gasteiger charge is 2.22. The van der Waals surface area contributed by atoms with Crippen LogP contribution in [-0.4, -0.2) is 70.0 Å². The number of likely N-dealkylation sites (N-methyl/N-ethyl adjacent to an activating group) is 1. The average molecular weight is 1140 g/mol. The summed E-state index contributed by atoms with van der Waals surface area (Å²) in [6.45, 7) is 4.18. The topological polar surface area (TPSA) is 111 Å². The summed E-state index contributed by atoms with van der Waals surface area (Å²) in [4.78, 5) is 38.0. The molecule has 0 aromatic heterocycles. The molecule has 80 heavy (non-hydrogen) atoms. The number of allylic oxidation sites excluding steroid dienone is 10. The van der Waals surface area contributed by atoms with Crippen LogP contribution in [0.3, 0.4) is 0 Å². The zero-order valence-corrected chi connectivity index (χ0v) is 54.2. The maximum absolute atomic E-state index is 12.9. The Bertz CT molecular complexity index is 1530. The van der Waals surface area contributed by atoms with Crippen LogP contribution in [0, 0.1) is 0 Å². The van der Waals surface area contributed by atoms with Crippen LogP contribution in [-0.2, 0) is 32.7 Å². The third-order valence-corrected chi connectivity index (χ3v) is 16.0. The predicted molar refractivity (Wildman–Crippen MR) is 342 cm³/mol. The van der Waals surface area contributed by atoms with Crippen LogP contribution in [0.15, 0.2) is 60.8 Å². The van der Waals surface area contributed by atoms with Crippen LogP contribution >= 0.6 is 7.82 Å². The van der Waals surface area contributed by atoms with Crippen LogP contribution < -0.4 is 4.89 Å². The highest BCUT2D eigenvalue weighted by atomic mass is 31.2. The van der Waals surface area contributed by atoms with Gasteiger partial charge in [0.1, 0.15) is 19.8 Å². The molecule has 9 nitrogen and oxygen atoms in total. The van der Waals surface area contributed by atoms with E-state index in [-0.39, 0.29) is 32.0 Å². The van der Waals surface area contributed by atoms with Gasteiger partial charge in [-0.3, -0.25) is 14.2 Å². The zero-order valence-electron chi connectivity index (χ0n) is 53.3. The lowest BCUT2D eigenvalue weighted by molar-refractivity contribution is -0.870. The lowest BCUT2D eigenvalue weighted by atomic mass is 10.0. The largest absolute Gasteiger partial charge is 0.756 e. The number of esters is 2. The summed E-state index contributed by atoms with van der Waals surface area (Å²) in [5, 5.41) is 0. The summed E-state index contributed by atoms with van der Waals surface area (Å²) in [6, 6.07) is 0. The van der Waals surface area contributed by atoms with Crippen molar-refractivity contribution < 1.29 is 42.1 Å². The second-order valence-corrected chi connectivity index (χ2v) is 25.6. The Balaban J connectivity index is 4.04. The van der Waals surface area contributed by atoms with Crippen molar-refractivity contribution in [3.05, 3.63) is 60.8 Å². The zero-order chi connectivity index (χ0) is 58.4. The van der Waals surface area contributed by atoms with E-state index in [0.717, 1.165) is 70.6 Å². The molecule has 468 valence electrons. The maximum atomic E-state index is 12.9. The van der Waals surface area contributed by atoms with Gasteiger partial charge in [-0.1, -0.05) is 312 Å². The molecular weight excluding hydrogens is 1010 g/mol. The van der Waals surface area contributed by atoms with Gasteiger partial charge in [0.2, 0.25) is 0 Å². The van der Waals surface area contributed by atoms with Gasteiger partial charge in [0.25, 0.3) is 7.82 Å². The monoisotopic (exact) mass is 1140 g/mol. The van der Waals surface area contributed by atoms with Crippen molar-refractivity contribution in [3.63, 3.8) is 0 Å². The van der Waals surface area contributed by atoms with Gasteiger partial charge in [-0.05, 0) is 57.8 Å². The van der Waals surface area contributed by atoms with E-state index in [1.54, 1.807) is 0 Å². The van der Waals surface area contributed by atoms with Gasteiger partial charge >= 0.3 is 11.9 Å². The number of quaternary nitrogens is 1. The van der Waals surface area contributed by atoms with Crippen molar-refractivity contribution in [2.24, 2.45) is 0 Å². The summed E-state index contributed by atoms with van der Waals surface area (Å²) in [5.41, 5.74) is 0. The smallest absolute Gasteiger partial charge is 0.306 e. The molecule has 0 radical (unpaired) electrons. The molecule has 0 saturated carbocycles. The molecule has 0 aliphatic rings. The third kappa shape index (κ3) is 64.9. The van der Waals surface area contributed by atoms with Gasteiger partial charge in [0, 0.05) is 12.8 Å². The number of phosphoric acid groups is 1. The van der Waals surface area contributed by atoms with Crippen molar-refractivity contribution in [2.75, 3.05) is 47.5 Å². The van der Waals surface area contributed by atoms with Crippen molar-refractivity contribution in [3.8, 4) is 0 Å². The van der Waals surface area contributed by atoms with Crippen LogP contribution in [0.1, 0.15) is 322 Å². The van der Waals surface area contributed by atoms with Crippen molar-refractivity contribution in [1.29, 1.82) is 0 Å². The Hall–Kier alpha value is -2.29. The molecular formula is C70H130NO8P. The van der Waals surface area contributed by atoms with Crippen molar-refractivity contribution in [1.82, 2.24) is 0 Å². The average Bonchev–Trinajstić information content (AvgIpc) is 3.42. The molecule has 2 unspecified atom stereocenters. The van der Waals surface area contributed by atoms with Gasteiger partial charge < -0.3 is 27.9 Å². The fourth-order valence-electron chi connectivity index (χ4n) is 9.86. The lowest BCUT2D eigenvalue weighted by Crippen LogP contribution is -2.37. The number of ether oxygens (including phenoxy) is 2. The van der Waals surface area contributed by atoms with Crippen molar-refractivity contribution >= 4 is 19.8 Å². The van der Waals surface area contributed by atoms with Crippen LogP contribution in [0.2, 0.25) is 0 Å². The normalized spacial score (nSPS) is 13.5. The molecule has 0 aliphatic carbocycles. The van der Waals surface area contributed by atoms with E-state index in [1.165, 1.54) is 218 Å². The molecule has 0 aliphatic heterocycles. The fourth-order valence-corrected chi connectivity index (χ4v) is 10.6. The fraction of sp³-hybridized carbons (Fsp3) is 0.829. The SMILES string of the molecule is CC/C=C\C/C=C\C/C=C\C/C=C\C/C=C\CCCCCCCCCCCCCCCC(=O)OC(COC(=O)CCCCCCCCCCCCCCCCCCCCCCCCCCCCC)COP(=O)([O-])OCC[N+](C)(C)C. The van der Waals surface area contributed by atoms with E-state index in [4.69, 9.17) is 18.5 Å². The number of carbonyl (C=O) groups is 2. The van der Waals surface area contributed by atoms with Gasteiger partial charge in [0.05, 0.1) is 27.7 Å². The predicted octanol–water partition coefficient (Wildman–Crippen LogP) is 21.2. The van der Waals surface area contributed by atoms with Crippen LogP contribution in [0.4, 0.5) is 0 Å². The molecule has 0 aromatic carbocycles. The van der Waals surface area contributed by atoms with E-state index in [2.05, 4.69) is 74.6 Å². The molecule has 0 heterocycles. The molecule has 0 rings (SSSR count). The number of rotatable bonds is 63. The summed E-state index contributed by atoms with van der Waals surface area (Å²) in [5.74, 6) is -0.819. The number of phosphoric ester groups is 1. The molecule has 0 amide bonds. The first-order valence-corrected chi connectivity index (χ1v) is 35.5. The minimum Gasteiger partial charge on any atom is -0.756 e. The Kier molecular flexibility index (Phi) is 59.5. The molecule has 0 spiro atoms. The number of unbranched alkanes of at least 4 members (excludes halogenated alkanes) is 39. The summed E-state index contributed by atoms with van der Waals surface area (Å²) in [7, 11) is 1.18. The molecule has 2 atom stereocenters. The first kappa shape index (κ1) is 77.7. The van der Waals surface area contributed by atoms with E-state index >= 15 is 0 Å². The van der Waals surface area contributed by atoms with E-state index in [1.807, 2.05) is 21.1 Å². The highest BCUT2D eigenvalue weighted by molar-refractivity contribution is 7.45. The molecule has 0 N–H and O–H groups in total. The minimum absolute atomic E-state index is 0.0305. The summed E-state index contributed by atoms with van der Waals surface area (Å²) >= 11 is 0. The lowest BCUT2D eigenvalue weighted by Gasteiger charge is -2.28. The Labute approximate surface area is 496 Å². The molecule has 10 heteroatoms. The minimum atomic E-state index is -4.64. The van der Waals surface area contributed by atoms with Crippen LogP contribution in [0.5, 0.6) is 0 Å².